The van der Waals surface area contributed by atoms with Gasteiger partial charge in [0.2, 0.25) is 0 Å². The van der Waals surface area contributed by atoms with Crippen molar-refractivity contribution < 1.29 is 22.8 Å². The van der Waals surface area contributed by atoms with E-state index in [-0.39, 0.29) is 18.8 Å². The van der Waals surface area contributed by atoms with Crippen molar-refractivity contribution in [2.75, 3.05) is 19.7 Å². The van der Waals surface area contributed by atoms with Gasteiger partial charge in [0, 0.05) is 18.7 Å². The third-order valence-corrected chi connectivity index (χ3v) is 1.92. The highest BCUT2D eigenvalue weighted by Crippen LogP contribution is 2.17. The van der Waals surface area contributed by atoms with Gasteiger partial charge in [-0.05, 0) is 12.1 Å². The maximum atomic E-state index is 11.8. The Morgan fingerprint density at radius 1 is 1.28 bits per heavy atom. The molecule has 0 spiro atoms. The van der Waals surface area contributed by atoms with E-state index >= 15 is 0 Å². The molecule has 0 unspecified atom stereocenters. The zero-order valence-corrected chi connectivity index (χ0v) is 9.24. The number of nitro groups is 1. The molecule has 0 saturated carbocycles. The van der Waals surface area contributed by atoms with E-state index in [9.17, 15) is 23.3 Å². The number of nitrogens with one attached hydrogen (secondary N) is 1. The smallest absolute Gasteiger partial charge is 0.401 e. The average molecular weight is 264 g/mol. The van der Waals surface area contributed by atoms with Crippen molar-refractivity contribution in [1.29, 1.82) is 0 Å². The lowest BCUT2D eigenvalue weighted by atomic mass is 10.3. The highest BCUT2D eigenvalue weighted by Gasteiger charge is 2.25. The molecule has 0 aromatic heterocycles. The van der Waals surface area contributed by atoms with Gasteiger partial charge in [-0.1, -0.05) is 0 Å². The van der Waals surface area contributed by atoms with Crippen LogP contribution in [-0.2, 0) is 0 Å². The number of nitro benzene ring substituents is 1. The van der Waals surface area contributed by atoms with E-state index in [1.165, 1.54) is 24.3 Å². The van der Waals surface area contributed by atoms with Gasteiger partial charge in [0.1, 0.15) is 12.4 Å². The summed E-state index contributed by atoms with van der Waals surface area (Å²) in [6, 6.07) is 5.31. The van der Waals surface area contributed by atoms with Crippen LogP contribution in [0.1, 0.15) is 0 Å². The number of hydrogen-bond donors (Lipinski definition) is 1. The number of non-ortho nitro benzene ring substituents is 1. The fraction of sp³-hybridized carbons (Fsp3) is 0.400. The predicted molar refractivity (Wildman–Crippen MR) is 57.5 cm³/mol. The van der Waals surface area contributed by atoms with Crippen LogP contribution in [0, 0.1) is 10.1 Å². The monoisotopic (exact) mass is 264 g/mol. The molecule has 1 rings (SSSR count). The van der Waals surface area contributed by atoms with Crippen LogP contribution in [0.4, 0.5) is 18.9 Å². The summed E-state index contributed by atoms with van der Waals surface area (Å²) in [4.78, 5) is 9.81. The highest BCUT2D eigenvalue weighted by atomic mass is 19.4. The zero-order chi connectivity index (χ0) is 13.6. The molecule has 0 fully saturated rings. The van der Waals surface area contributed by atoms with Crippen molar-refractivity contribution in [3.8, 4) is 5.75 Å². The lowest BCUT2D eigenvalue weighted by molar-refractivity contribution is -0.384. The Labute approximate surface area is 101 Å². The summed E-state index contributed by atoms with van der Waals surface area (Å²) < 4.78 is 40.4. The average Bonchev–Trinajstić information content (AvgIpc) is 2.27. The Hall–Kier alpha value is -1.83. The Kier molecular flexibility index (Phi) is 4.90. The van der Waals surface area contributed by atoms with Gasteiger partial charge in [-0.3, -0.25) is 10.1 Å². The first-order chi connectivity index (χ1) is 8.38. The summed E-state index contributed by atoms with van der Waals surface area (Å²) in [5.74, 6) is 0.370. The molecule has 5 nitrogen and oxygen atoms in total. The molecular formula is C10H11F3N2O3. The third kappa shape index (κ3) is 5.48. The molecule has 0 bridgehead atoms. The number of nitrogens with zero attached hydrogens (tertiary/aromatic N) is 1. The first-order valence-corrected chi connectivity index (χ1v) is 5.03. The van der Waals surface area contributed by atoms with Crippen LogP contribution in [0.5, 0.6) is 5.75 Å². The van der Waals surface area contributed by atoms with Crippen molar-refractivity contribution in [2.24, 2.45) is 0 Å². The number of halogens is 3. The lowest BCUT2D eigenvalue weighted by Crippen LogP contribution is -2.31. The molecule has 0 heterocycles. The summed E-state index contributed by atoms with van der Waals surface area (Å²) in [7, 11) is 0. The normalized spacial score (nSPS) is 11.3. The van der Waals surface area contributed by atoms with E-state index in [0.717, 1.165) is 0 Å². The van der Waals surface area contributed by atoms with Gasteiger partial charge in [-0.2, -0.15) is 13.2 Å². The molecule has 0 aliphatic rings. The molecule has 18 heavy (non-hydrogen) atoms. The Morgan fingerprint density at radius 3 is 2.39 bits per heavy atom. The standard InChI is InChI=1S/C10H11F3N2O3/c11-10(12,13)7-14-5-6-18-9-3-1-8(2-4-9)15(16)17/h1-4,14H,5-7H2. The van der Waals surface area contributed by atoms with Crippen LogP contribution < -0.4 is 10.1 Å². The molecule has 8 heteroatoms. The van der Waals surface area contributed by atoms with Crippen LogP contribution in [0.15, 0.2) is 24.3 Å². The molecular weight excluding hydrogens is 253 g/mol. The Balaban J connectivity index is 2.25. The molecule has 100 valence electrons. The van der Waals surface area contributed by atoms with Crippen LogP contribution >= 0.6 is 0 Å². The SMILES string of the molecule is O=[N+]([O-])c1ccc(OCCNCC(F)(F)F)cc1. The second-order valence-corrected chi connectivity index (χ2v) is 3.39. The van der Waals surface area contributed by atoms with Crippen molar-refractivity contribution in [3.63, 3.8) is 0 Å². The first kappa shape index (κ1) is 14.2. The quantitative estimate of drug-likeness (QED) is 0.485. The van der Waals surface area contributed by atoms with Gasteiger partial charge in [0.25, 0.3) is 5.69 Å². The molecule has 0 saturated heterocycles. The van der Waals surface area contributed by atoms with E-state index < -0.39 is 17.6 Å². The first-order valence-electron chi connectivity index (χ1n) is 5.03. The van der Waals surface area contributed by atoms with Crippen LogP contribution in [0.3, 0.4) is 0 Å². The Bertz CT molecular complexity index is 392. The fourth-order valence-electron chi connectivity index (χ4n) is 1.14. The number of alkyl halides is 3. The number of benzene rings is 1. The van der Waals surface area contributed by atoms with Crippen molar-refractivity contribution >= 4 is 5.69 Å². The van der Waals surface area contributed by atoms with Gasteiger partial charge in [-0.15, -0.1) is 0 Å². The molecule has 0 aliphatic carbocycles. The summed E-state index contributed by atoms with van der Waals surface area (Å²) in [5, 5.41) is 12.5. The number of hydrogen-bond acceptors (Lipinski definition) is 4. The van der Waals surface area contributed by atoms with E-state index in [1.807, 2.05) is 0 Å². The molecule has 0 aliphatic heterocycles. The molecule has 1 N–H and O–H groups in total. The molecule has 0 atom stereocenters. The lowest BCUT2D eigenvalue weighted by Gasteiger charge is -2.09. The minimum absolute atomic E-state index is 0.0382. The number of rotatable bonds is 6. The molecule has 0 amide bonds. The van der Waals surface area contributed by atoms with Crippen molar-refractivity contribution in [3.05, 3.63) is 34.4 Å². The van der Waals surface area contributed by atoms with Crippen molar-refractivity contribution in [1.82, 2.24) is 5.32 Å². The minimum atomic E-state index is -4.24. The van der Waals surface area contributed by atoms with Crippen LogP contribution in [-0.4, -0.2) is 30.8 Å². The maximum Gasteiger partial charge on any atom is 0.401 e. The summed E-state index contributed by atoms with van der Waals surface area (Å²) in [6.45, 7) is -0.985. The maximum absolute atomic E-state index is 11.8. The van der Waals surface area contributed by atoms with Gasteiger partial charge in [0.05, 0.1) is 11.5 Å². The number of ether oxygens (including phenoxy) is 1. The Morgan fingerprint density at radius 2 is 1.89 bits per heavy atom. The van der Waals surface area contributed by atoms with Crippen LogP contribution in [0.2, 0.25) is 0 Å². The fourth-order valence-corrected chi connectivity index (χ4v) is 1.14. The minimum Gasteiger partial charge on any atom is -0.492 e. The van der Waals surface area contributed by atoms with E-state index in [1.54, 1.807) is 0 Å². The van der Waals surface area contributed by atoms with Gasteiger partial charge < -0.3 is 10.1 Å². The molecule has 1 aromatic carbocycles. The van der Waals surface area contributed by atoms with Crippen LogP contribution in [0.25, 0.3) is 0 Å². The van der Waals surface area contributed by atoms with Gasteiger partial charge >= 0.3 is 6.18 Å². The predicted octanol–water partition coefficient (Wildman–Crippen LogP) is 2.13. The van der Waals surface area contributed by atoms with E-state index in [0.29, 0.717) is 5.75 Å². The second kappa shape index (κ2) is 6.20. The van der Waals surface area contributed by atoms with E-state index in [4.69, 9.17) is 4.74 Å². The third-order valence-electron chi connectivity index (χ3n) is 1.92. The van der Waals surface area contributed by atoms with Crippen molar-refractivity contribution in [2.45, 2.75) is 6.18 Å². The molecule has 1 aromatic rings. The summed E-state index contributed by atoms with van der Waals surface area (Å²) in [6.07, 6.45) is -4.24. The largest absolute Gasteiger partial charge is 0.492 e. The van der Waals surface area contributed by atoms with E-state index in [2.05, 4.69) is 5.32 Å². The second-order valence-electron chi connectivity index (χ2n) is 3.39. The highest BCUT2D eigenvalue weighted by molar-refractivity contribution is 5.35. The van der Waals surface area contributed by atoms with Gasteiger partial charge in [0.15, 0.2) is 0 Å². The zero-order valence-electron chi connectivity index (χ0n) is 9.24. The summed E-state index contributed by atoms with van der Waals surface area (Å²) in [5.41, 5.74) is -0.0717. The summed E-state index contributed by atoms with van der Waals surface area (Å²) >= 11 is 0. The van der Waals surface area contributed by atoms with Gasteiger partial charge in [-0.25, -0.2) is 0 Å². The molecule has 0 radical (unpaired) electrons. The topological polar surface area (TPSA) is 64.4 Å².